The number of nitrogens with zero attached hydrogens (tertiary/aromatic N) is 2. The normalized spacial score (nSPS) is 9.80. The molecule has 0 saturated carbocycles. The Hall–Kier alpha value is -1.58. The van der Waals surface area contributed by atoms with E-state index in [1.807, 2.05) is 38.1 Å². The minimum absolute atomic E-state index is 0.0617. The second kappa shape index (κ2) is 5.34. The Balaban J connectivity index is 2.53. The number of rotatable bonds is 4. The quantitative estimate of drug-likeness (QED) is 0.806. The monoisotopic (exact) mass is 207 g/mol. The van der Waals surface area contributed by atoms with E-state index >= 15 is 0 Å². The van der Waals surface area contributed by atoms with Crippen LogP contribution in [0.4, 0.5) is 5.82 Å². The van der Waals surface area contributed by atoms with Crippen molar-refractivity contribution >= 4 is 11.7 Å². The van der Waals surface area contributed by atoms with Crippen LogP contribution in [-0.2, 0) is 11.3 Å². The van der Waals surface area contributed by atoms with E-state index in [1.54, 1.807) is 6.20 Å². The lowest BCUT2D eigenvalue weighted by atomic mass is 10.2. The van der Waals surface area contributed by atoms with Crippen LogP contribution in [0, 0.1) is 0 Å². The van der Waals surface area contributed by atoms with E-state index < -0.39 is 0 Å². The molecule has 0 aromatic carbocycles. The van der Waals surface area contributed by atoms with Crippen LogP contribution < -0.4 is 10.2 Å². The van der Waals surface area contributed by atoms with Crippen LogP contribution >= 0.6 is 0 Å². The lowest BCUT2D eigenvalue weighted by molar-refractivity contribution is -0.120. The van der Waals surface area contributed by atoms with Crippen LogP contribution in [0.2, 0.25) is 0 Å². The number of carbonyl (C=O) groups is 1. The highest BCUT2D eigenvalue weighted by atomic mass is 16.1. The highest BCUT2D eigenvalue weighted by molar-refractivity contribution is 5.75. The van der Waals surface area contributed by atoms with E-state index in [-0.39, 0.29) is 5.91 Å². The predicted octanol–water partition coefficient (Wildman–Crippen LogP) is 1.17. The molecule has 1 rings (SSSR count). The third-order valence-electron chi connectivity index (χ3n) is 2.08. The molecule has 0 radical (unpaired) electrons. The van der Waals surface area contributed by atoms with E-state index in [2.05, 4.69) is 10.3 Å². The van der Waals surface area contributed by atoms with Gasteiger partial charge < -0.3 is 10.2 Å². The van der Waals surface area contributed by atoms with E-state index in [9.17, 15) is 4.79 Å². The Morgan fingerprint density at radius 2 is 2.20 bits per heavy atom. The van der Waals surface area contributed by atoms with E-state index in [0.29, 0.717) is 13.0 Å². The number of anilines is 1. The first-order valence-corrected chi connectivity index (χ1v) is 5.02. The summed E-state index contributed by atoms with van der Waals surface area (Å²) < 4.78 is 0. The van der Waals surface area contributed by atoms with Crippen LogP contribution in [0.25, 0.3) is 0 Å². The van der Waals surface area contributed by atoms with Crippen molar-refractivity contribution in [1.82, 2.24) is 10.3 Å². The molecule has 1 heterocycles. The van der Waals surface area contributed by atoms with Crippen molar-refractivity contribution in [1.29, 1.82) is 0 Å². The molecule has 1 N–H and O–H groups in total. The van der Waals surface area contributed by atoms with Gasteiger partial charge in [-0.05, 0) is 11.6 Å². The fraction of sp³-hybridized carbons (Fsp3) is 0.455. The average Bonchev–Trinajstić information content (AvgIpc) is 2.26. The molecule has 0 saturated heterocycles. The van der Waals surface area contributed by atoms with E-state index in [4.69, 9.17) is 0 Å². The zero-order valence-electron chi connectivity index (χ0n) is 9.45. The van der Waals surface area contributed by atoms with Crippen LogP contribution in [0.5, 0.6) is 0 Å². The molecule has 1 aromatic rings. The number of amides is 1. The summed E-state index contributed by atoms with van der Waals surface area (Å²) in [4.78, 5) is 17.2. The SMILES string of the molecule is CCC(=O)NCc1ccc(N(C)C)nc1. The molecule has 0 bridgehead atoms. The van der Waals surface area contributed by atoms with Crippen LogP contribution in [0.1, 0.15) is 18.9 Å². The second-order valence-corrected chi connectivity index (χ2v) is 3.55. The predicted molar refractivity (Wildman–Crippen MR) is 60.7 cm³/mol. The fourth-order valence-corrected chi connectivity index (χ4v) is 1.11. The van der Waals surface area contributed by atoms with Crippen molar-refractivity contribution in [3.8, 4) is 0 Å². The third-order valence-corrected chi connectivity index (χ3v) is 2.08. The Morgan fingerprint density at radius 3 is 2.67 bits per heavy atom. The molecule has 15 heavy (non-hydrogen) atoms. The highest BCUT2D eigenvalue weighted by Crippen LogP contribution is 2.07. The van der Waals surface area contributed by atoms with E-state index in [1.165, 1.54) is 0 Å². The van der Waals surface area contributed by atoms with Crippen LogP contribution in [0.15, 0.2) is 18.3 Å². The Bertz CT molecular complexity index is 319. The van der Waals surface area contributed by atoms with Crippen LogP contribution in [-0.4, -0.2) is 25.0 Å². The number of carbonyl (C=O) groups excluding carboxylic acids is 1. The number of hydrogen-bond acceptors (Lipinski definition) is 3. The smallest absolute Gasteiger partial charge is 0.219 e. The minimum atomic E-state index is 0.0617. The van der Waals surface area contributed by atoms with Gasteiger partial charge in [-0.15, -0.1) is 0 Å². The van der Waals surface area contributed by atoms with Gasteiger partial charge in [0.2, 0.25) is 5.91 Å². The maximum absolute atomic E-state index is 11.0. The first-order chi connectivity index (χ1) is 7.13. The molecule has 1 amide bonds. The number of nitrogens with one attached hydrogen (secondary N) is 1. The number of pyridine rings is 1. The molecule has 1 aromatic heterocycles. The van der Waals surface area contributed by atoms with Gasteiger partial charge in [0, 0.05) is 33.3 Å². The van der Waals surface area contributed by atoms with E-state index in [0.717, 1.165) is 11.4 Å². The minimum Gasteiger partial charge on any atom is -0.363 e. The Kier molecular flexibility index (Phi) is 4.09. The summed E-state index contributed by atoms with van der Waals surface area (Å²) in [6.07, 6.45) is 2.30. The molecule has 0 aliphatic heterocycles. The van der Waals surface area contributed by atoms with Crippen LogP contribution in [0.3, 0.4) is 0 Å². The molecule has 0 fully saturated rings. The third kappa shape index (κ3) is 3.58. The topological polar surface area (TPSA) is 45.2 Å². The van der Waals surface area contributed by atoms with Gasteiger partial charge in [-0.25, -0.2) is 4.98 Å². The number of aromatic nitrogens is 1. The molecule has 82 valence electrons. The average molecular weight is 207 g/mol. The molecule has 0 atom stereocenters. The first-order valence-electron chi connectivity index (χ1n) is 5.02. The first kappa shape index (κ1) is 11.5. The lowest BCUT2D eigenvalue weighted by Crippen LogP contribution is -2.21. The Morgan fingerprint density at radius 1 is 1.47 bits per heavy atom. The zero-order chi connectivity index (χ0) is 11.3. The highest BCUT2D eigenvalue weighted by Gasteiger charge is 1.99. The van der Waals surface area contributed by atoms with Gasteiger partial charge in [0.1, 0.15) is 5.82 Å². The molecule has 0 spiro atoms. The van der Waals surface area contributed by atoms with Gasteiger partial charge in [0.25, 0.3) is 0 Å². The molecule has 0 aliphatic rings. The Labute approximate surface area is 90.3 Å². The van der Waals surface area contributed by atoms with Gasteiger partial charge in [-0.1, -0.05) is 13.0 Å². The summed E-state index contributed by atoms with van der Waals surface area (Å²) in [5.41, 5.74) is 1.02. The standard InChI is InChI=1S/C11H17N3O/c1-4-11(15)13-8-9-5-6-10(12-7-9)14(2)3/h5-7H,4,8H2,1-3H3,(H,13,15). The number of hydrogen-bond donors (Lipinski definition) is 1. The van der Waals surface area contributed by atoms with Crippen molar-refractivity contribution in [2.24, 2.45) is 0 Å². The fourth-order valence-electron chi connectivity index (χ4n) is 1.11. The van der Waals surface area contributed by atoms with Crippen molar-refractivity contribution in [2.45, 2.75) is 19.9 Å². The summed E-state index contributed by atoms with van der Waals surface area (Å²) in [5.74, 6) is 0.979. The van der Waals surface area contributed by atoms with Crippen molar-refractivity contribution in [2.75, 3.05) is 19.0 Å². The van der Waals surface area contributed by atoms with Gasteiger partial charge in [0.15, 0.2) is 0 Å². The van der Waals surface area contributed by atoms with Gasteiger partial charge in [0.05, 0.1) is 0 Å². The van der Waals surface area contributed by atoms with Crippen molar-refractivity contribution < 1.29 is 4.79 Å². The summed E-state index contributed by atoms with van der Waals surface area (Å²) in [6.45, 7) is 2.39. The maximum Gasteiger partial charge on any atom is 0.219 e. The molecule has 4 heteroatoms. The molecular formula is C11H17N3O. The summed E-state index contributed by atoms with van der Waals surface area (Å²) in [7, 11) is 3.89. The summed E-state index contributed by atoms with van der Waals surface area (Å²) in [6, 6.07) is 3.91. The summed E-state index contributed by atoms with van der Waals surface area (Å²) in [5, 5.41) is 2.80. The molecule has 0 unspecified atom stereocenters. The lowest BCUT2D eigenvalue weighted by Gasteiger charge is -2.11. The van der Waals surface area contributed by atoms with Gasteiger partial charge in [-0.3, -0.25) is 4.79 Å². The largest absolute Gasteiger partial charge is 0.363 e. The molecular weight excluding hydrogens is 190 g/mol. The maximum atomic E-state index is 11.0. The second-order valence-electron chi connectivity index (χ2n) is 3.55. The zero-order valence-corrected chi connectivity index (χ0v) is 9.45. The van der Waals surface area contributed by atoms with Gasteiger partial charge in [-0.2, -0.15) is 0 Å². The van der Waals surface area contributed by atoms with Crippen molar-refractivity contribution in [3.63, 3.8) is 0 Å². The molecule has 0 aliphatic carbocycles. The van der Waals surface area contributed by atoms with Crippen molar-refractivity contribution in [3.05, 3.63) is 23.9 Å². The summed E-state index contributed by atoms with van der Waals surface area (Å²) >= 11 is 0. The van der Waals surface area contributed by atoms with Gasteiger partial charge >= 0.3 is 0 Å². The molecule has 4 nitrogen and oxygen atoms in total.